The first-order chi connectivity index (χ1) is 10.1. The van der Waals surface area contributed by atoms with Gasteiger partial charge in [-0.1, -0.05) is 31.7 Å². The Morgan fingerprint density at radius 1 is 1.43 bits per heavy atom. The number of carbonyl (C=O) groups excluding carboxylic acids is 1. The molecule has 1 N–H and O–H groups in total. The molecule has 0 saturated carbocycles. The standard InChI is InChI=1S/C14H20N4O2S/c1-4-20-13(19)11(15-10(2)3)9-21-14-17-16-12-7-5-6-8-18(12)14/h5-8,10-11,15H,4,9H2,1-3H3. The second kappa shape index (κ2) is 7.42. The van der Waals surface area contributed by atoms with Crippen LogP contribution in [0.5, 0.6) is 0 Å². The van der Waals surface area contributed by atoms with Gasteiger partial charge in [0.25, 0.3) is 0 Å². The minimum atomic E-state index is -0.356. The fourth-order valence-electron chi connectivity index (χ4n) is 1.91. The number of aromatic nitrogens is 3. The van der Waals surface area contributed by atoms with Gasteiger partial charge in [0.15, 0.2) is 10.8 Å². The molecule has 0 amide bonds. The third-order valence-corrected chi connectivity index (χ3v) is 3.80. The largest absolute Gasteiger partial charge is 0.465 e. The highest BCUT2D eigenvalue weighted by molar-refractivity contribution is 7.99. The summed E-state index contributed by atoms with van der Waals surface area (Å²) in [5, 5.41) is 12.2. The second-order valence-corrected chi connectivity index (χ2v) is 5.84. The van der Waals surface area contributed by atoms with Gasteiger partial charge in [-0.3, -0.25) is 9.20 Å². The highest BCUT2D eigenvalue weighted by Crippen LogP contribution is 2.18. The van der Waals surface area contributed by atoms with Crippen molar-refractivity contribution < 1.29 is 9.53 Å². The van der Waals surface area contributed by atoms with E-state index in [-0.39, 0.29) is 18.1 Å². The van der Waals surface area contributed by atoms with Gasteiger partial charge in [0.1, 0.15) is 6.04 Å². The number of ether oxygens (including phenoxy) is 1. The zero-order valence-electron chi connectivity index (χ0n) is 12.4. The molecule has 0 spiro atoms. The molecule has 1 atom stereocenters. The van der Waals surface area contributed by atoms with Crippen LogP contribution < -0.4 is 5.32 Å². The fourth-order valence-corrected chi connectivity index (χ4v) is 2.85. The molecule has 0 aliphatic heterocycles. The summed E-state index contributed by atoms with van der Waals surface area (Å²) < 4.78 is 7.01. The van der Waals surface area contributed by atoms with Crippen molar-refractivity contribution >= 4 is 23.4 Å². The van der Waals surface area contributed by atoms with Gasteiger partial charge in [-0.2, -0.15) is 0 Å². The van der Waals surface area contributed by atoms with Crippen LogP contribution in [0.25, 0.3) is 5.65 Å². The minimum absolute atomic E-state index is 0.204. The Hall–Kier alpha value is -1.60. The Labute approximate surface area is 128 Å². The number of hydrogen-bond acceptors (Lipinski definition) is 6. The summed E-state index contributed by atoms with van der Waals surface area (Å²) >= 11 is 1.49. The van der Waals surface area contributed by atoms with E-state index in [1.165, 1.54) is 11.8 Å². The average molecular weight is 308 g/mol. The molecule has 0 aliphatic carbocycles. The molecule has 0 radical (unpaired) electrons. The smallest absolute Gasteiger partial charge is 0.324 e. The highest BCUT2D eigenvalue weighted by atomic mass is 32.2. The maximum Gasteiger partial charge on any atom is 0.324 e. The van der Waals surface area contributed by atoms with E-state index in [1.807, 2.05) is 49.6 Å². The minimum Gasteiger partial charge on any atom is -0.465 e. The Morgan fingerprint density at radius 3 is 2.95 bits per heavy atom. The van der Waals surface area contributed by atoms with Crippen LogP contribution in [0.2, 0.25) is 0 Å². The van der Waals surface area contributed by atoms with E-state index in [0.29, 0.717) is 12.4 Å². The number of rotatable bonds is 7. The number of nitrogens with one attached hydrogen (secondary N) is 1. The van der Waals surface area contributed by atoms with Crippen LogP contribution >= 0.6 is 11.8 Å². The summed E-state index contributed by atoms with van der Waals surface area (Å²) in [6.07, 6.45) is 1.91. The molecule has 0 saturated heterocycles. The molecule has 114 valence electrons. The summed E-state index contributed by atoms with van der Waals surface area (Å²) in [4.78, 5) is 12.0. The zero-order valence-corrected chi connectivity index (χ0v) is 13.3. The van der Waals surface area contributed by atoms with Gasteiger partial charge in [-0.05, 0) is 19.1 Å². The van der Waals surface area contributed by atoms with Gasteiger partial charge < -0.3 is 10.1 Å². The van der Waals surface area contributed by atoms with E-state index in [9.17, 15) is 4.79 Å². The molecule has 2 heterocycles. The summed E-state index contributed by atoms with van der Waals surface area (Å²) in [5.74, 6) is 0.319. The quantitative estimate of drug-likeness (QED) is 0.621. The molecule has 2 aromatic heterocycles. The maximum absolute atomic E-state index is 12.0. The van der Waals surface area contributed by atoms with Crippen molar-refractivity contribution in [1.82, 2.24) is 19.9 Å². The van der Waals surface area contributed by atoms with E-state index in [2.05, 4.69) is 15.5 Å². The monoisotopic (exact) mass is 308 g/mol. The van der Waals surface area contributed by atoms with Crippen molar-refractivity contribution in [2.24, 2.45) is 0 Å². The van der Waals surface area contributed by atoms with Gasteiger partial charge in [0, 0.05) is 18.0 Å². The topological polar surface area (TPSA) is 68.5 Å². The van der Waals surface area contributed by atoms with Gasteiger partial charge in [-0.15, -0.1) is 10.2 Å². The van der Waals surface area contributed by atoms with Crippen LogP contribution in [0.4, 0.5) is 0 Å². The Bertz CT molecular complexity index is 599. The molecule has 0 bridgehead atoms. The molecule has 0 aliphatic rings. The molecule has 2 rings (SSSR count). The number of hydrogen-bond donors (Lipinski definition) is 1. The van der Waals surface area contributed by atoms with E-state index >= 15 is 0 Å². The van der Waals surface area contributed by atoms with Crippen molar-refractivity contribution in [2.75, 3.05) is 12.4 Å². The summed E-state index contributed by atoms with van der Waals surface area (Å²) in [7, 11) is 0. The molecule has 2 aromatic rings. The molecule has 1 unspecified atom stereocenters. The first-order valence-electron chi connectivity index (χ1n) is 6.97. The third-order valence-electron chi connectivity index (χ3n) is 2.77. The average Bonchev–Trinajstić information content (AvgIpc) is 2.86. The molecule has 0 fully saturated rings. The van der Waals surface area contributed by atoms with Gasteiger partial charge in [0.05, 0.1) is 6.61 Å². The van der Waals surface area contributed by atoms with E-state index in [4.69, 9.17) is 4.74 Å². The Kier molecular flexibility index (Phi) is 5.58. The van der Waals surface area contributed by atoms with Crippen molar-refractivity contribution in [2.45, 2.75) is 38.0 Å². The second-order valence-electron chi connectivity index (χ2n) is 4.85. The first kappa shape index (κ1) is 15.8. The lowest BCUT2D eigenvalue weighted by atomic mass is 10.3. The van der Waals surface area contributed by atoms with Crippen molar-refractivity contribution in [3.63, 3.8) is 0 Å². The van der Waals surface area contributed by atoms with E-state index < -0.39 is 0 Å². The van der Waals surface area contributed by atoms with Crippen LogP contribution in [0.15, 0.2) is 29.6 Å². The SMILES string of the molecule is CCOC(=O)C(CSc1nnc2ccccn12)NC(C)C. The van der Waals surface area contributed by atoms with E-state index in [0.717, 1.165) is 10.8 Å². The van der Waals surface area contributed by atoms with Gasteiger partial charge in [0.2, 0.25) is 0 Å². The van der Waals surface area contributed by atoms with E-state index in [1.54, 1.807) is 0 Å². The predicted octanol–water partition coefficient (Wildman–Crippen LogP) is 1.75. The molecular weight excluding hydrogens is 288 g/mol. The van der Waals surface area contributed by atoms with Crippen molar-refractivity contribution in [3.05, 3.63) is 24.4 Å². The summed E-state index contributed by atoms with van der Waals surface area (Å²) in [6, 6.07) is 5.59. The molecule has 6 nitrogen and oxygen atoms in total. The van der Waals surface area contributed by atoms with Gasteiger partial charge in [-0.25, -0.2) is 0 Å². The lowest BCUT2D eigenvalue weighted by Crippen LogP contribution is -2.43. The number of thioether (sulfide) groups is 1. The highest BCUT2D eigenvalue weighted by Gasteiger charge is 2.21. The predicted molar refractivity (Wildman–Crippen MR) is 82.4 cm³/mol. The van der Waals surface area contributed by atoms with Crippen molar-refractivity contribution in [1.29, 1.82) is 0 Å². The Morgan fingerprint density at radius 2 is 2.24 bits per heavy atom. The van der Waals surface area contributed by atoms with Crippen LogP contribution in [0, 0.1) is 0 Å². The molecule has 21 heavy (non-hydrogen) atoms. The number of nitrogens with zero attached hydrogens (tertiary/aromatic N) is 3. The zero-order chi connectivity index (χ0) is 15.2. The van der Waals surface area contributed by atoms with Crippen LogP contribution in [0.1, 0.15) is 20.8 Å². The van der Waals surface area contributed by atoms with Crippen LogP contribution in [-0.2, 0) is 9.53 Å². The maximum atomic E-state index is 12.0. The molecule has 0 aromatic carbocycles. The first-order valence-corrected chi connectivity index (χ1v) is 7.95. The van der Waals surface area contributed by atoms with Crippen LogP contribution in [0.3, 0.4) is 0 Å². The van der Waals surface area contributed by atoms with Crippen molar-refractivity contribution in [3.8, 4) is 0 Å². The number of carbonyl (C=O) groups is 1. The summed E-state index contributed by atoms with van der Waals surface area (Å²) in [5.41, 5.74) is 0.796. The lowest BCUT2D eigenvalue weighted by molar-refractivity contribution is -0.145. The van der Waals surface area contributed by atoms with Gasteiger partial charge >= 0.3 is 5.97 Å². The molecular formula is C14H20N4O2S. The van der Waals surface area contributed by atoms with Crippen LogP contribution in [-0.4, -0.2) is 45.0 Å². The lowest BCUT2D eigenvalue weighted by Gasteiger charge is -2.18. The third kappa shape index (κ3) is 4.18. The Balaban J connectivity index is 2.05. The number of esters is 1. The number of pyridine rings is 1. The summed E-state index contributed by atoms with van der Waals surface area (Å²) in [6.45, 7) is 6.20. The molecule has 7 heteroatoms. The fraction of sp³-hybridized carbons (Fsp3) is 0.500. The normalized spacial score (nSPS) is 12.8. The number of fused-ring (bicyclic) bond motifs is 1.